The van der Waals surface area contributed by atoms with Crippen molar-refractivity contribution in [3.8, 4) is 11.8 Å². The zero-order chi connectivity index (χ0) is 10.6. The summed E-state index contributed by atoms with van der Waals surface area (Å²) in [5.41, 5.74) is 19.8. The smallest absolute Gasteiger partial charge is 0.0578 e. The minimum atomic E-state index is 0.580. The van der Waals surface area contributed by atoms with Gasteiger partial charge in [0.15, 0.2) is 0 Å². The van der Waals surface area contributed by atoms with E-state index in [0.29, 0.717) is 24.3 Å². The molecule has 0 aliphatic carbocycles. The molecule has 0 fully saturated rings. The third-order valence-corrected chi connectivity index (χ3v) is 1.92. The normalized spacial score (nSPS) is 9.29. The van der Waals surface area contributed by atoms with E-state index in [4.69, 9.17) is 17.2 Å². The molecule has 1 aromatic carbocycles. The Morgan fingerprint density at radius 2 is 2.00 bits per heavy atom. The van der Waals surface area contributed by atoms with E-state index in [1.165, 1.54) is 0 Å². The lowest BCUT2D eigenvalue weighted by atomic mass is 10.1. The van der Waals surface area contributed by atoms with Gasteiger partial charge in [0.2, 0.25) is 0 Å². The summed E-state index contributed by atoms with van der Waals surface area (Å²) in [6.07, 6.45) is 0.698. The molecule has 1 rings (SSSR count). The van der Waals surface area contributed by atoms with Gasteiger partial charge in [-0.25, -0.2) is 0 Å². The molecule has 1 aromatic rings. The summed E-state index contributed by atoms with van der Waals surface area (Å²) in [6.45, 7) is 2.50. The Kier molecular flexibility index (Phi) is 3.38. The van der Waals surface area contributed by atoms with Crippen LogP contribution in [0.4, 0.5) is 11.4 Å². The zero-order valence-corrected chi connectivity index (χ0v) is 8.30. The first-order valence-corrected chi connectivity index (χ1v) is 4.49. The van der Waals surface area contributed by atoms with Gasteiger partial charge in [-0.3, -0.25) is 0 Å². The molecule has 0 amide bonds. The molecular weight excluding hydrogens is 174 g/mol. The highest BCUT2D eigenvalue weighted by molar-refractivity contribution is 5.69. The van der Waals surface area contributed by atoms with E-state index < -0.39 is 0 Å². The van der Waals surface area contributed by atoms with Crippen molar-refractivity contribution in [2.75, 3.05) is 18.0 Å². The standard InChI is InChI=1S/C11H15N3/c1-8-6-9(4-2-3-5-12)7-10(13)11(8)14/h6-7H,3,5,12-14H2,1H3. The van der Waals surface area contributed by atoms with Gasteiger partial charge in [-0.1, -0.05) is 11.8 Å². The predicted molar refractivity (Wildman–Crippen MR) is 60.6 cm³/mol. The molecule has 0 heterocycles. The van der Waals surface area contributed by atoms with Gasteiger partial charge >= 0.3 is 0 Å². The Hall–Kier alpha value is -1.66. The maximum absolute atomic E-state index is 5.71. The predicted octanol–water partition coefficient (Wildman–Crippen LogP) is 0.860. The third-order valence-electron chi connectivity index (χ3n) is 1.92. The SMILES string of the molecule is Cc1cc(C#CCCN)cc(N)c1N. The van der Waals surface area contributed by atoms with Gasteiger partial charge in [0.1, 0.15) is 0 Å². The first-order valence-electron chi connectivity index (χ1n) is 4.49. The number of benzene rings is 1. The fourth-order valence-corrected chi connectivity index (χ4v) is 1.13. The molecule has 0 aliphatic heterocycles. The van der Waals surface area contributed by atoms with Crippen LogP contribution < -0.4 is 17.2 Å². The monoisotopic (exact) mass is 189 g/mol. The second-order valence-electron chi connectivity index (χ2n) is 3.14. The quantitative estimate of drug-likeness (QED) is 0.453. The average Bonchev–Trinajstić information content (AvgIpc) is 2.14. The van der Waals surface area contributed by atoms with Crippen molar-refractivity contribution < 1.29 is 0 Å². The van der Waals surface area contributed by atoms with Crippen molar-refractivity contribution in [1.29, 1.82) is 0 Å². The van der Waals surface area contributed by atoms with Crippen molar-refractivity contribution in [2.45, 2.75) is 13.3 Å². The summed E-state index contributed by atoms with van der Waals surface area (Å²) < 4.78 is 0. The minimum Gasteiger partial charge on any atom is -0.397 e. The number of aryl methyl sites for hydroxylation is 1. The highest BCUT2D eigenvalue weighted by atomic mass is 14.7. The van der Waals surface area contributed by atoms with E-state index in [2.05, 4.69) is 11.8 Å². The van der Waals surface area contributed by atoms with Gasteiger partial charge in [0.05, 0.1) is 11.4 Å². The largest absolute Gasteiger partial charge is 0.397 e. The lowest BCUT2D eigenvalue weighted by molar-refractivity contribution is 1.03. The molecule has 6 N–H and O–H groups in total. The van der Waals surface area contributed by atoms with Crippen LogP contribution in [0.15, 0.2) is 12.1 Å². The lowest BCUT2D eigenvalue weighted by Crippen LogP contribution is -1.98. The van der Waals surface area contributed by atoms with Crippen molar-refractivity contribution in [3.63, 3.8) is 0 Å². The molecule has 0 aromatic heterocycles. The van der Waals surface area contributed by atoms with Gasteiger partial charge in [0, 0.05) is 18.5 Å². The van der Waals surface area contributed by atoms with E-state index in [9.17, 15) is 0 Å². The molecule has 0 atom stereocenters. The van der Waals surface area contributed by atoms with Crippen LogP contribution >= 0.6 is 0 Å². The number of anilines is 2. The van der Waals surface area contributed by atoms with Gasteiger partial charge in [-0.05, 0) is 24.6 Å². The molecule has 0 unspecified atom stereocenters. The molecule has 0 spiro atoms. The Morgan fingerprint density at radius 3 is 2.57 bits per heavy atom. The van der Waals surface area contributed by atoms with E-state index in [1.807, 2.05) is 13.0 Å². The Balaban J connectivity index is 2.97. The minimum absolute atomic E-state index is 0.580. The summed E-state index contributed by atoms with van der Waals surface area (Å²) in [4.78, 5) is 0. The molecular formula is C11H15N3. The molecule has 3 heteroatoms. The van der Waals surface area contributed by atoms with E-state index in [1.54, 1.807) is 6.07 Å². The fourth-order valence-electron chi connectivity index (χ4n) is 1.13. The van der Waals surface area contributed by atoms with Crippen LogP contribution in [-0.2, 0) is 0 Å². The number of hydrogen-bond donors (Lipinski definition) is 3. The Labute approximate surface area is 84.3 Å². The summed E-state index contributed by atoms with van der Waals surface area (Å²) in [5.74, 6) is 5.94. The van der Waals surface area contributed by atoms with Crippen molar-refractivity contribution >= 4 is 11.4 Å². The maximum Gasteiger partial charge on any atom is 0.0578 e. The summed E-state index contributed by atoms with van der Waals surface area (Å²) in [6, 6.07) is 3.71. The third kappa shape index (κ3) is 2.41. The first-order chi connectivity index (χ1) is 6.65. The van der Waals surface area contributed by atoms with E-state index in [-0.39, 0.29) is 0 Å². The van der Waals surface area contributed by atoms with Gasteiger partial charge < -0.3 is 17.2 Å². The zero-order valence-electron chi connectivity index (χ0n) is 8.30. The highest BCUT2D eigenvalue weighted by Crippen LogP contribution is 2.20. The molecule has 74 valence electrons. The van der Waals surface area contributed by atoms with Crippen LogP contribution in [0.3, 0.4) is 0 Å². The van der Waals surface area contributed by atoms with Gasteiger partial charge in [-0.15, -0.1) is 0 Å². The number of rotatable bonds is 1. The molecule has 3 nitrogen and oxygen atoms in total. The van der Waals surface area contributed by atoms with E-state index in [0.717, 1.165) is 11.1 Å². The molecule has 0 radical (unpaired) electrons. The molecule has 0 bridgehead atoms. The van der Waals surface area contributed by atoms with Gasteiger partial charge in [0.25, 0.3) is 0 Å². The van der Waals surface area contributed by atoms with Crippen LogP contribution in [0.1, 0.15) is 17.5 Å². The van der Waals surface area contributed by atoms with Crippen LogP contribution in [-0.4, -0.2) is 6.54 Å². The number of hydrogen-bond acceptors (Lipinski definition) is 3. The van der Waals surface area contributed by atoms with Crippen LogP contribution in [0.2, 0.25) is 0 Å². The topological polar surface area (TPSA) is 78.1 Å². The number of nitrogens with two attached hydrogens (primary N) is 3. The molecule has 0 saturated carbocycles. The highest BCUT2D eigenvalue weighted by Gasteiger charge is 1.99. The van der Waals surface area contributed by atoms with Crippen molar-refractivity contribution in [3.05, 3.63) is 23.3 Å². The lowest BCUT2D eigenvalue weighted by Gasteiger charge is -2.04. The van der Waals surface area contributed by atoms with Crippen LogP contribution in [0.5, 0.6) is 0 Å². The molecule has 0 saturated heterocycles. The molecule has 14 heavy (non-hydrogen) atoms. The second-order valence-corrected chi connectivity index (χ2v) is 3.14. The Morgan fingerprint density at radius 1 is 1.29 bits per heavy atom. The van der Waals surface area contributed by atoms with Crippen LogP contribution in [0.25, 0.3) is 0 Å². The number of nitrogen functional groups attached to an aromatic ring is 2. The first kappa shape index (κ1) is 10.4. The summed E-state index contributed by atoms with van der Waals surface area (Å²) >= 11 is 0. The fraction of sp³-hybridized carbons (Fsp3) is 0.273. The van der Waals surface area contributed by atoms with Crippen molar-refractivity contribution in [2.24, 2.45) is 5.73 Å². The van der Waals surface area contributed by atoms with Crippen LogP contribution in [0, 0.1) is 18.8 Å². The summed E-state index contributed by atoms with van der Waals surface area (Å²) in [5, 5.41) is 0. The van der Waals surface area contributed by atoms with Gasteiger partial charge in [-0.2, -0.15) is 0 Å². The molecule has 0 aliphatic rings. The average molecular weight is 189 g/mol. The summed E-state index contributed by atoms with van der Waals surface area (Å²) in [7, 11) is 0. The maximum atomic E-state index is 5.71. The second kappa shape index (κ2) is 4.54. The van der Waals surface area contributed by atoms with Crippen molar-refractivity contribution in [1.82, 2.24) is 0 Å². The van der Waals surface area contributed by atoms with E-state index >= 15 is 0 Å². The Bertz CT molecular complexity index is 362.